The Morgan fingerprint density at radius 2 is 2.17 bits per heavy atom. The van der Waals surface area contributed by atoms with Crippen molar-refractivity contribution < 1.29 is 0 Å². The lowest BCUT2D eigenvalue weighted by atomic mass is 9.86. The summed E-state index contributed by atoms with van der Waals surface area (Å²) in [5.74, 6) is 0.703. The van der Waals surface area contributed by atoms with Crippen LogP contribution in [0.2, 0.25) is 0 Å². The van der Waals surface area contributed by atoms with Crippen molar-refractivity contribution in [2.75, 3.05) is 13.1 Å². The lowest BCUT2D eigenvalue weighted by molar-refractivity contribution is 0.169. The molecule has 2 nitrogen and oxygen atoms in total. The molecule has 2 N–H and O–H groups in total. The van der Waals surface area contributed by atoms with Crippen LogP contribution in [-0.2, 0) is 6.42 Å². The number of hydrogen-bond acceptors (Lipinski definition) is 2. The maximum atomic E-state index is 5.86. The second kappa shape index (κ2) is 5.02. The van der Waals surface area contributed by atoms with Crippen molar-refractivity contribution in [1.82, 2.24) is 4.90 Å². The summed E-state index contributed by atoms with van der Waals surface area (Å²) in [6.07, 6.45) is 5.18. The minimum absolute atomic E-state index is 0.640. The number of fused-ring (bicyclic) bond motifs is 1. The average molecular weight is 244 g/mol. The molecular formula is C16H24N2. The summed E-state index contributed by atoms with van der Waals surface area (Å²) in [7, 11) is 0. The fourth-order valence-electron chi connectivity index (χ4n) is 3.85. The fourth-order valence-corrected chi connectivity index (χ4v) is 3.85. The van der Waals surface area contributed by atoms with Crippen LogP contribution in [0.3, 0.4) is 0 Å². The molecule has 0 aromatic heterocycles. The van der Waals surface area contributed by atoms with Crippen LogP contribution in [0.25, 0.3) is 0 Å². The van der Waals surface area contributed by atoms with Crippen LogP contribution in [0.5, 0.6) is 0 Å². The summed E-state index contributed by atoms with van der Waals surface area (Å²) in [5.41, 5.74) is 9.00. The summed E-state index contributed by atoms with van der Waals surface area (Å²) < 4.78 is 0. The number of rotatable bonds is 2. The highest BCUT2D eigenvalue weighted by molar-refractivity contribution is 5.32. The van der Waals surface area contributed by atoms with Gasteiger partial charge in [0.15, 0.2) is 0 Å². The molecule has 2 heteroatoms. The molecule has 98 valence electrons. The highest BCUT2D eigenvalue weighted by Crippen LogP contribution is 2.39. The molecule has 2 aliphatic rings. The molecule has 1 heterocycles. The molecule has 1 aromatic rings. The van der Waals surface area contributed by atoms with Crippen LogP contribution < -0.4 is 5.73 Å². The molecule has 1 aliphatic carbocycles. The molecule has 3 atom stereocenters. The van der Waals surface area contributed by atoms with E-state index in [9.17, 15) is 0 Å². The maximum absolute atomic E-state index is 5.86. The van der Waals surface area contributed by atoms with Crippen molar-refractivity contribution >= 4 is 0 Å². The quantitative estimate of drug-likeness (QED) is 0.866. The fraction of sp³-hybridized carbons (Fsp3) is 0.625. The molecule has 0 amide bonds. The van der Waals surface area contributed by atoms with Crippen molar-refractivity contribution in [2.45, 2.75) is 44.7 Å². The van der Waals surface area contributed by atoms with Gasteiger partial charge in [0.05, 0.1) is 0 Å². The normalized spacial score (nSPS) is 32.4. The Morgan fingerprint density at radius 3 is 2.94 bits per heavy atom. The van der Waals surface area contributed by atoms with Gasteiger partial charge in [0, 0.05) is 18.6 Å². The van der Waals surface area contributed by atoms with E-state index in [1.807, 2.05) is 0 Å². The second-order valence-electron chi connectivity index (χ2n) is 5.99. The summed E-state index contributed by atoms with van der Waals surface area (Å²) in [4.78, 5) is 2.70. The standard InChI is InChI=1S/C16H24N2/c1-12-9-13(10-17)11-18(12)16-8-4-6-14-5-2-3-7-15(14)16/h2-3,5,7,12-13,16H,4,6,8-11,17H2,1H3. The lowest BCUT2D eigenvalue weighted by Crippen LogP contribution is -2.34. The number of aryl methyl sites for hydroxylation is 1. The first-order valence-corrected chi connectivity index (χ1v) is 7.33. The van der Waals surface area contributed by atoms with Crippen LogP contribution in [0.15, 0.2) is 24.3 Å². The van der Waals surface area contributed by atoms with E-state index in [0.29, 0.717) is 18.0 Å². The van der Waals surface area contributed by atoms with E-state index in [0.717, 1.165) is 6.54 Å². The molecular weight excluding hydrogens is 220 g/mol. The first-order valence-electron chi connectivity index (χ1n) is 7.33. The van der Waals surface area contributed by atoms with Gasteiger partial charge in [-0.1, -0.05) is 24.3 Å². The number of nitrogens with zero attached hydrogens (tertiary/aromatic N) is 1. The Morgan fingerprint density at radius 1 is 1.33 bits per heavy atom. The first kappa shape index (κ1) is 12.2. The van der Waals surface area contributed by atoms with Crippen molar-refractivity contribution in [2.24, 2.45) is 11.7 Å². The number of benzene rings is 1. The van der Waals surface area contributed by atoms with E-state index < -0.39 is 0 Å². The Labute approximate surface area is 110 Å². The molecule has 1 saturated heterocycles. The zero-order valence-electron chi connectivity index (χ0n) is 11.3. The van der Waals surface area contributed by atoms with E-state index in [-0.39, 0.29) is 0 Å². The Kier molecular flexibility index (Phi) is 3.40. The molecule has 3 rings (SSSR count). The van der Waals surface area contributed by atoms with E-state index in [1.165, 1.54) is 32.2 Å². The van der Waals surface area contributed by atoms with Gasteiger partial charge >= 0.3 is 0 Å². The van der Waals surface area contributed by atoms with Gasteiger partial charge in [0.2, 0.25) is 0 Å². The molecule has 3 unspecified atom stereocenters. The van der Waals surface area contributed by atoms with Gasteiger partial charge in [0.1, 0.15) is 0 Å². The smallest absolute Gasteiger partial charge is 0.0353 e. The SMILES string of the molecule is CC1CC(CN)CN1C1CCCc2ccccc21. The molecule has 18 heavy (non-hydrogen) atoms. The summed E-state index contributed by atoms with van der Waals surface area (Å²) in [5, 5.41) is 0. The van der Waals surface area contributed by atoms with Crippen molar-refractivity contribution in [3.63, 3.8) is 0 Å². The lowest BCUT2D eigenvalue weighted by Gasteiger charge is -2.36. The van der Waals surface area contributed by atoms with Gasteiger partial charge in [0.25, 0.3) is 0 Å². The van der Waals surface area contributed by atoms with Gasteiger partial charge in [-0.2, -0.15) is 0 Å². The predicted octanol–water partition coefficient (Wildman–Crippen LogP) is 2.73. The number of nitrogens with two attached hydrogens (primary N) is 1. The number of hydrogen-bond donors (Lipinski definition) is 1. The van der Waals surface area contributed by atoms with E-state index in [1.54, 1.807) is 11.1 Å². The van der Waals surface area contributed by atoms with Crippen molar-refractivity contribution in [3.8, 4) is 0 Å². The van der Waals surface area contributed by atoms with Crippen LogP contribution in [-0.4, -0.2) is 24.0 Å². The second-order valence-corrected chi connectivity index (χ2v) is 5.99. The van der Waals surface area contributed by atoms with Crippen LogP contribution in [0, 0.1) is 5.92 Å². The first-order chi connectivity index (χ1) is 8.79. The maximum Gasteiger partial charge on any atom is 0.0353 e. The summed E-state index contributed by atoms with van der Waals surface area (Å²) >= 11 is 0. The van der Waals surface area contributed by atoms with Crippen molar-refractivity contribution in [1.29, 1.82) is 0 Å². The Bertz CT molecular complexity index is 415. The van der Waals surface area contributed by atoms with Crippen molar-refractivity contribution in [3.05, 3.63) is 35.4 Å². The predicted molar refractivity (Wildman–Crippen MR) is 75.5 cm³/mol. The molecule has 0 saturated carbocycles. The van der Waals surface area contributed by atoms with Gasteiger partial charge < -0.3 is 5.73 Å². The molecule has 0 spiro atoms. The third-order valence-corrected chi connectivity index (χ3v) is 4.78. The van der Waals surface area contributed by atoms with E-state index in [4.69, 9.17) is 5.73 Å². The number of likely N-dealkylation sites (tertiary alicyclic amines) is 1. The molecule has 1 aliphatic heterocycles. The van der Waals surface area contributed by atoms with Crippen LogP contribution in [0.1, 0.15) is 43.4 Å². The van der Waals surface area contributed by atoms with E-state index >= 15 is 0 Å². The zero-order valence-corrected chi connectivity index (χ0v) is 11.3. The van der Waals surface area contributed by atoms with E-state index in [2.05, 4.69) is 36.1 Å². The molecule has 0 radical (unpaired) electrons. The Hall–Kier alpha value is -0.860. The van der Waals surface area contributed by atoms with Gasteiger partial charge in [-0.25, -0.2) is 0 Å². The molecule has 1 aromatic carbocycles. The monoisotopic (exact) mass is 244 g/mol. The third-order valence-electron chi connectivity index (χ3n) is 4.78. The third kappa shape index (κ3) is 2.08. The Balaban J connectivity index is 1.86. The van der Waals surface area contributed by atoms with Crippen LogP contribution in [0.4, 0.5) is 0 Å². The van der Waals surface area contributed by atoms with Gasteiger partial charge in [-0.15, -0.1) is 0 Å². The minimum atomic E-state index is 0.640. The topological polar surface area (TPSA) is 29.3 Å². The average Bonchev–Trinajstić information content (AvgIpc) is 2.79. The largest absolute Gasteiger partial charge is 0.330 e. The highest BCUT2D eigenvalue weighted by atomic mass is 15.2. The molecule has 0 bridgehead atoms. The van der Waals surface area contributed by atoms with Gasteiger partial charge in [-0.3, -0.25) is 4.90 Å². The highest BCUT2D eigenvalue weighted by Gasteiger charge is 2.35. The summed E-state index contributed by atoms with van der Waals surface area (Å²) in [6, 6.07) is 10.3. The van der Waals surface area contributed by atoms with Crippen LogP contribution >= 0.6 is 0 Å². The summed E-state index contributed by atoms with van der Waals surface area (Å²) in [6.45, 7) is 4.40. The zero-order chi connectivity index (χ0) is 12.5. The van der Waals surface area contributed by atoms with Gasteiger partial charge in [-0.05, 0) is 56.2 Å². The minimum Gasteiger partial charge on any atom is -0.330 e. The molecule has 1 fully saturated rings.